The zero-order valence-corrected chi connectivity index (χ0v) is 58.8. The molecule has 0 saturated carbocycles. The maximum absolute atomic E-state index is 12.8. The fourth-order valence-electron chi connectivity index (χ4n) is 10.7. The number of nitrogens with two attached hydrogens (primary N) is 1. The summed E-state index contributed by atoms with van der Waals surface area (Å²) in [7, 11) is -4.40. The van der Waals surface area contributed by atoms with Crippen LogP contribution in [0.2, 0.25) is 0 Å². The van der Waals surface area contributed by atoms with Crippen LogP contribution >= 0.6 is 7.82 Å². The largest absolute Gasteiger partial charge is 0.472 e. The molecule has 0 aromatic rings. The number of ether oxygens (including phenoxy) is 2. The Morgan fingerprint density at radius 2 is 0.584 bits per heavy atom. The fraction of sp³-hybridized carbons (Fsp3) is 0.747. The molecule has 9 nitrogen and oxygen atoms in total. The number of hydrogen-bond donors (Lipinski definition) is 2. The molecule has 0 aromatic heterocycles. The molecule has 0 aliphatic carbocycles. The van der Waals surface area contributed by atoms with Gasteiger partial charge in [0.15, 0.2) is 6.10 Å². The Hall–Kier alpha value is -3.33. The van der Waals surface area contributed by atoms with E-state index in [0.717, 1.165) is 89.9 Å². The summed E-state index contributed by atoms with van der Waals surface area (Å²) < 4.78 is 33.2. The topological polar surface area (TPSA) is 134 Å². The van der Waals surface area contributed by atoms with Gasteiger partial charge in [-0.1, -0.05) is 348 Å². The van der Waals surface area contributed by atoms with Crippen LogP contribution in [0.5, 0.6) is 0 Å². The van der Waals surface area contributed by atoms with Gasteiger partial charge in [0.1, 0.15) is 6.61 Å². The van der Waals surface area contributed by atoms with Crippen molar-refractivity contribution in [3.63, 3.8) is 0 Å². The Morgan fingerprint density at radius 3 is 0.865 bits per heavy atom. The lowest BCUT2D eigenvalue weighted by molar-refractivity contribution is -0.161. The van der Waals surface area contributed by atoms with Crippen molar-refractivity contribution in [3.05, 3.63) is 109 Å². The van der Waals surface area contributed by atoms with Crippen molar-refractivity contribution in [2.45, 2.75) is 354 Å². The molecule has 10 heteroatoms. The van der Waals surface area contributed by atoms with Crippen LogP contribution in [-0.2, 0) is 32.7 Å². The maximum Gasteiger partial charge on any atom is 0.472 e. The number of phosphoric acid groups is 1. The zero-order chi connectivity index (χ0) is 64.4. The van der Waals surface area contributed by atoms with Crippen molar-refractivity contribution in [2.24, 2.45) is 5.73 Å². The first-order chi connectivity index (χ1) is 43.8. The summed E-state index contributed by atoms with van der Waals surface area (Å²) in [5.41, 5.74) is 5.41. The quantitative estimate of drug-likeness (QED) is 0.0264. The van der Waals surface area contributed by atoms with Gasteiger partial charge in [0, 0.05) is 19.4 Å². The molecule has 2 unspecified atom stereocenters. The molecule has 0 bridgehead atoms. The molecule has 2 atom stereocenters. The molecule has 0 saturated heterocycles. The smallest absolute Gasteiger partial charge is 0.462 e. The number of unbranched alkanes of at least 4 members (excludes halogenated alkanes) is 39. The molecule has 0 rings (SSSR count). The molecular formula is C79H140NO8P. The van der Waals surface area contributed by atoms with Crippen molar-refractivity contribution in [1.82, 2.24) is 0 Å². The average Bonchev–Trinajstić information content (AvgIpc) is 3.58. The Labute approximate surface area is 549 Å². The van der Waals surface area contributed by atoms with Gasteiger partial charge in [0.25, 0.3) is 0 Å². The lowest BCUT2D eigenvalue weighted by Crippen LogP contribution is -2.29. The Bertz CT molecular complexity index is 1830. The van der Waals surface area contributed by atoms with Gasteiger partial charge in [-0.05, 0) is 96.3 Å². The zero-order valence-electron chi connectivity index (χ0n) is 57.9. The highest BCUT2D eigenvalue weighted by atomic mass is 31.2. The molecular weight excluding hydrogens is 1120 g/mol. The van der Waals surface area contributed by atoms with Gasteiger partial charge in [-0.25, -0.2) is 4.57 Å². The van der Waals surface area contributed by atoms with Crippen molar-refractivity contribution in [3.8, 4) is 0 Å². The van der Waals surface area contributed by atoms with Gasteiger partial charge in [0.05, 0.1) is 13.2 Å². The molecule has 0 aliphatic heterocycles. The summed E-state index contributed by atoms with van der Waals surface area (Å²) in [4.78, 5) is 35.4. The second-order valence-corrected chi connectivity index (χ2v) is 26.2. The summed E-state index contributed by atoms with van der Waals surface area (Å²) in [5, 5.41) is 0. The Balaban J connectivity index is 3.79. The van der Waals surface area contributed by atoms with Crippen LogP contribution in [0.4, 0.5) is 0 Å². The summed E-state index contributed by atoms with van der Waals surface area (Å²) in [5.74, 6) is -0.815. The van der Waals surface area contributed by atoms with Crippen molar-refractivity contribution in [2.75, 3.05) is 26.4 Å². The SMILES string of the molecule is CC/C=C\C/C=C\C/C=C\C/C=C\C/C=C\CCCCCCCCCCCCCCCCCCCCCCCCCCCC(=O)OC(COC(=O)CCCCCCCCCCCCCCCC/C=C\C/C=C\C/C=C\C/C=C\CC)COP(=O)(O)OCCN. The van der Waals surface area contributed by atoms with Crippen molar-refractivity contribution >= 4 is 19.8 Å². The Morgan fingerprint density at radius 1 is 0.337 bits per heavy atom. The number of carbonyl (C=O) groups excluding carboxylic acids is 2. The van der Waals surface area contributed by atoms with E-state index in [-0.39, 0.29) is 38.6 Å². The van der Waals surface area contributed by atoms with Crippen LogP contribution in [0.3, 0.4) is 0 Å². The highest BCUT2D eigenvalue weighted by Gasteiger charge is 2.26. The van der Waals surface area contributed by atoms with Crippen LogP contribution in [0, 0.1) is 0 Å². The summed E-state index contributed by atoms with van der Waals surface area (Å²) in [6, 6.07) is 0. The second-order valence-electron chi connectivity index (χ2n) is 24.8. The van der Waals surface area contributed by atoms with Crippen LogP contribution < -0.4 is 5.73 Å². The molecule has 0 amide bonds. The third-order valence-corrected chi connectivity index (χ3v) is 17.1. The van der Waals surface area contributed by atoms with Crippen LogP contribution in [-0.4, -0.2) is 49.3 Å². The summed E-state index contributed by atoms with van der Waals surface area (Å²) >= 11 is 0. The van der Waals surface area contributed by atoms with E-state index in [1.807, 2.05) is 0 Å². The van der Waals surface area contributed by atoms with E-state index in [9.17, 15) is 19.0 Å². The number of rotatable bonds is 70. The standard InChI is InChI=1S/C79H140NO8P/c1-3-5-7-9-11-13-15-17-19-21-23-25-27-29-31-32-33-34-35-36-37-38-39-40-41-42-43-44-46-48-50-52-54-56-58-60-62-64-66-68-70-72-79(82)88-77(76-87-89(83,84)86-74-73-80)75-85-78(81)71-69-67-65-63-61-59-57-55-53-51-49-47-45-30-28-26-24-22-20-18-16-14-12-10-8-6-4-2/h5-8,11-14,17-20,23-26,29,31,77H,3-4,9-10,15-16,21-22,27-28,30,32-76,80H2,1-2H3,(H,83,84)/b7-5-,8-6-,13-11-,14-12-,19-17-,20-18-,25-23-,26-24-,31-29-. The molecule has 0 fully saturated rings. The normalized spacial score (nSPS) is 13.5. The van der Waals surface area contributed by atoms with Crippen LogP contribution in [0.1, 0.15) is 348 Å². The van der Waals surface area contributed by atoms with Gasteiger partial charge in [-0.3, -0.25) is 18.6 Å². The van der Waals surface area contributed by atoms with Crippen LogP contribution in [0.25, 0.3) is 0 Å². The van der Waals surface area contributed by atoms with E-state index in [2.05, 4.69) is 123 Å². The van der Waals surface area contributed by atoms with Gasteiger partial charge in [-0.15, -0.1) is 0 Å². The Kier molecular flexibility index (Phi) is 71.0. The third-order valence-electron chi connectivity index (χ3n) is 16.2. The lowest BCUT2D eigenvalue weighted by atomic mass is 10.0. The van der Waals surface area contributed by atoms with Crippen molar-refractivity contribution < 1.29 is 37.6 Å². The summed E-state index contributed by atoms with van der Waals surface area (Å²) in [6.07, 6.45) is 102. The number of phosphoric ester groups is 1. The minimum absolute atomic E-state index is 0.0522. The number of hydrogen-bond acceptors (Lipinski definition) is 8. The first-order valence-electron chi connectivity index (χ1n) is 37.4. The van der Waals surface area contributed by atoms with Gasteiger partial charge < -0.3 is 20.1 Å². The minimum atomic E-state index is -4.40. The molecule has 0 spiro atoms. The van der Waals surface area contributed by atoms with Crippen molar-refractivity contribution in [1.29, 1.82) is 0 Å². The molecule has 0 radical (unpaired) electrons. The van der Waals surface area contributed by atoms with E-state index in [0.29, 0.717) is 6.42 Å². The molecule has 514 valence electrons. The molecule has 0 heterocycles. The number of allylic oxidation sites excluding steroid dienone is 18. The first kappa shape index (κ1) is 85.7. The highest BCUT2D eigenvalue weighted by Crippen LogP contribution is 2.43. The molecule has 0 aromatic carbocycles. The monoisotopic (exact) mass is 1260 g/mol. The van der Waals surface area contributed by atoms with Gasteiger partial charge in [0.2, 0.25) is 0 Å². The van der Waals surface area contributed by atoms with E-state index in [1.165, 1.54) is 225 Å². The van der Waals surface area contributed by atoms with Crippen LogP contribution in [0.15, 0.2) is 109 Å². The maximum atomic E-state index is 12.8. The van der Waals surface area contributed by atoms with E-state index >= 15 is 0 Å². The van der Waals surface area contributed by atoms with Gasteiger partial charge >= 0.3 is 19.8 Å². The molecule has 0 aliphatic rings. The predicted octanol–water partition coefficient (Wildman–Crippen LogP) is 24.9. The first-order valence-corrected chi connectivity index (χ1v) is 38.9. The van der Waals surface area contributed by atoms with Gasteiger partial charge in [-0.2, -0.15) is 0 Å². The average molecular weight is 1260 g/mol. The molecule has 3 N–H and O–H groups in total. The van der Waals surface area contributed by atoms with E-state index in [1.54, 1.807) is 0 Å². The summed E-state index contributed by atoms with van der Waals surface area (Å²) in [6.45, 7) is 3.56. The predicted molar refractivity (Wildman–Crippen MR) is 385 cm³/mol. The number of carbonyl (C=O) groups is 2. The highest BCUT2D eigenvalue weighted by molar-refractivity contribution is 7.47. The van der Waals surface area contributed by atoms with E-state index in [4.69, 9.17) is 24.3 Å². The van der Waals surface area contributed by atoms with E-state index < -0.39 is 26.5 Å². The third kappa shape index (κ3) is 73.6. The lowest BCUT2D eigenvalue weighted by Gasteiger charge is -2.19. The fourth-order valence-corrected chi connectivity index (χ4v) is 11.5. The minimum Gasteiger partial charge on any atom is -0.462 e. The molecule has 89 heavy (non-hydrogen) atoms. The number of esters is 2. The second kappa shape index (κ2) is 73.7.